The van der Waals surface area contributed by atoms with Crippen molar-refractivity contribution in [3.8, 4) is 0 Å². The van der Waals surface area contributed by atoms with E-state index >= 15 is 0 Å². The number of nitrogen functional groups attached to an aromatic ring is 1. The van der Waals surface area contributed by atoms with Crippen LogP contribution in [0, 0.1) is 0 Å². The summed E-state index contributed by atoms with van der Waals surface area (Å²) in [4.78, 5) is 15.0. The molecule has 0 radical (unpaired) electrons. The first-order chi connectivity index (χ1) is 8.24. The van der Waals surface area contributed by atoms with E-state index in [0.717, 1.165) is 0 Å². The topological polar surface area (TPSA) is 111 Å². The molecule has 92 valence electrons. The standard InChI is InChI=1S/C9H14N6O2/c1-16-5(17-2)3-11-9-14-6-7(10)12-4-13-8(6)15-9/h4-5H,3H2,1-2H3,(H4,10,11,12,13,14,15). The summed E-state index contributed by atoms with van der Waals surface area (Å²) in [6, 6.07) is 0. The number of anilines is 2. The van der Waals surface area contributed by atoms with Crippen LogP contribution in [0.4, 0.5) is 11.8 Å². The largest absolute Gasteiger partial charge is 0.382 e. The zero-order chi connectivity index (χ0) is 12.3. The Morgan fingerprint density at radius 3 is 2.82 bits per heavy atom. The molecule has 0 aliphatic rings. The highest BCUT2D eigenvalue weighted by Gasteiger charge is 2.09. The first-order valence-corrected chi connectivity index (χ1v) is 5.00. The number of fused-ring (bicyclic) bond motifs is 1. The van der Waals surface area contributed by atoms with Crippen LogP contribution in [0.25, 0.3) is 11.2 Å². The zero-order valence-electron chi connectivity index (χ0n) is 9.60. The molecule has 0 spiro atoms. The second-order valence-electron chi connectivity index (χ2n) is 3.32. The molecule has 8 heteroatoms. The third-order valence-corrected chi connectivity index (χ3v) is 2.28. The molecule has 2 aromatic heterocycles. The van der Waals surface area contributed by atoms with Crippen LogP contribution in [-0.2, 0) is 9.47 Å². The molecule has 8 nitrogen and oxygen atoms in total. The number of aromatic nitrogens is 4. The molecule has 0 aromatic carbocycles. The summed E-state index contributed by atoms with van der Waals surface area (Å²) < 4.78 is 10.1. The molecule has 0 aliphatic heterocycles. The minimum absolute atomic E-state index is 0.341. The monoisotopic (exact) mass is 238 g/mol. The third-order valence-electron chi connectivity index (χ3n) is 2.28. The fraction of sp³-hybridized carbons (Fsp3) is 0.444. The fourth-order valence-electron chi connectivity index (χ4n) is 1.37. The van der Waals surface area contributed by atoms with Gasteiger partial charge >= 0.3 is 0 Å². The Kier molecular flexibility index (Phi) is 3.35. The Labute approximate surface area is 97.6 Å². The molecule has 2 heterocycles. The number of hydrogen-bond acceptors (Lipinski definition) is 7. The minimum atomic E-state index is -0.341. The first kappa shape index (κ1) is 11.6. The highest BCUT2D eigenvalue weighted by molar-refractivity contribution is 5.82. The van der Waals surface area contributed by atoms with Gasteiger partial charge in [0.2, 0.25) is 5.95 Å². The molecule has 0 unspecified atom stereocenters. The van der Waals surface area contributed by atoms with Crippen molar-refractivity contribution >= 4 is 22.9 Å². The lowest BCUT2D eigenvalue weighted by Crippen LogP contribution is -2.23. The normalized spacial score (nSPS) is 11.2. The Morgan fingerprint density at radius 2 is 2.18 bits per heavy atom. The van der Waals surface area contributed by atoms with Crippen molar-refractivity contribution in [3.63, 3.8) is 0 Å². The van der Waals surface area contributed by atoms with Crippen molar-refractivity contribution in [3.05, 3.63) is 6.33 Å². The molecule has 2 aromatic rings. The summed E-state index contributed by atoms with van der Waals surface area (Å²) in [5, 5.41) is 3.02. The van der Waals surface area contributed by atoms with Gasteiger partial charge in [-0.25, -0.2) is 9.97 Å². The van der Waals surface area contributed by atoms with E-state index in [2.05, 4.69) is 25.3 Å². The maximum Gasteiger partial charge on any atom is 0.203 e. The maximum atomic E-state index is 5.68. The van der Waals surface area contributed by atoms with Crippen LogP contribution in [0.5, 0.6) is 0 Å². The van der Waals surface area contributed by atoms with Crippen LogP contribution in [0.1, 0.15) is 0 Å². The predicted octanol–water partition coefficient (Wildman–Crippen LogP) is -0.0341. The van der Waals surface area contributed by atoms with Gasteiger partial charge in [-0.05, 0) is 0 Å². The predicted molar refractivity (Wildman–Crippen MR) is 62.4 cm³/mol. The molecule has 4 N–H and O–H groups in total. The number of H-pyrrole nitrogens is 1. The van der Waals surface area contributed by atoms with Crippen molar-refractivity contribution < 1.29 is 9.47 Å². The Morgan fingerprint density at radius 1 is 1.41 bits per heavy atom. The molecule has 17 heavy (non-hydrogen) atoms. The van der Waals surface area contributed by atoms with Crippen LogP contribution in [-0.4, -0.2) is 47.0 Å². The highest BCUT2D eigenvalue weighted by Crippen LogP contribution is 2.15. The summed E-state index contributed by atoms with van der Waals surface area (Å²) in [6.45, 7) is 0.458. The summed E-state index contributed by atoms with van der Waals surface area (Å²) >= 11 is 0. The molecule has 0 atom stereocenters. The smallest absolute Gasteiger partial charge is 0.203 e. The van der Waals surface area contributed by atoms with E-state index in [1.165, 1.54) is 6.33 Å². The van der Waals surface area contributed by atoms with Crippen LogP contribution in [0.3, 0.4) is 0 Å². The number of imidazole rings is 1. The number of nitrogens with one attached hydrogen (secondary N) is 2. The van der Waals surface area contributed by atoms with Crippen molar-refractivity contribution in [1.82, 2.24) is 19.9 Å². The van der Waals surface area contributed by atoms with Gasteiger partial charge in [0.1, 0.15) is 11.8 Å². The number of methoxy groups -OCH3 is 2. The van der Waals surface area contributed by atoms with E-state index < -0.39 is 0 Å². The number of hydrogen-bond donors (Lipinski definition) is 3. The molecule has 2 rings (SSSR count). The molecule has 0 fully saturated rings. The van der Waals surface area contributed by atoms with Crippen LogP contribution in [0.15, 0.2) is 6.33 Å². The number of nitrogens with two attached hydrogens (primary N) is 1. The van der Waals surface area contributed by atoms with Crippen molar-refractivity contribution in [2.45, 2.75) is 6.29 Å². The van der Waals surface area contributed by atoms with Crippen LogP contribution >= 0.6 is 0 Å². The van der Waals surface area contributed by atoms with Gasteiger partial charge in [-0.15, -0.1) is 0 Å². The Balaban J connectivity index is 2.12. The van der Waals surface area contributed by atoms with Gasteiger partial charge in [0.15, 0.2) is 17.8 Å². The van der Waals surface area contributed by atoms with Crippen molar-refractivity contribution in [2.75, 3.05) is 31.8 Å². The molecule has 0 saturated carbocycles. The molecule has 0 bridgehead atoms. The Bertz CT molecular complexity index is 495. The van der Waals surface area contributed by atoms with Gasteiger partial charge in [-0.1, -0.05) is 0 Å². The van der Waals surface area contributed by atoms with Crippen LogP contribution in [0.2, 0.25) is 0 Å². The van der Waals surface area contributed by atoms with E-state index in [9.17, 15) is 0 Å². The molecule has 0 aliphatic carbocycles. The maximum absolute atomic E-state index is 5.68. The summed E-state index contributed by atoms with van der Waals surface area (Å²) in [5.74, 6) is 0.914. The third kappa shape index (κ3) is 2.43. The van der Waals surface area contributed by atoms with Gasteiger partial charge in [0.25, 0.3) is 0 Å². The lowest BCUT2D eigenvalue weighted by molar-refractivity contribution is -0.0914. The molecule has 0 saturated heterocycles. The van der Waals surface area contributed by atoms with Crippen LogP contribution < -0.4 is 11.1 Å². The highest BCUT2D eigenvalue weighted by atomic mass is 16.7. The number of rotatable bonds is 5. The van der Waals surface area contributed by atoms with E-state index in [1.807, 2.05) is 0 Å². The summed E-state index contributed by atoms with van der Waals surface area (Å²) in [5.41, 5.74) is 6.81. The molecular weight excluding hydrogens is 224 g/mol. The Hall–Kier alpha value is -1.93. The number of nitrogens with zero attached hydrogens (tertiary/aromatic N) is 3. The second-order valence-corrected chi connectivity index (χ2v) is 3.32. The second kappa shape index (κ2) is 4.93. The van der Waals surface area contributed by atoms with Gasteiger partial charge in [0.05, 0.1) is 6.54 Å². The van der Waals surface area contributed by atoms with Gasteiger partial charge in [-0.3, -0.25) is 0 Å². The average Bonchev–Trinajstić information content (AvgIpc) is 2.75. The van der Waals surface area contributed by atoms with Crippen molar-refractivity contribution in [2.24, 2.45) is 0 Å². The quantitative estimate of drug-likeness (QED) is 0.627. The van der Waals surface area contributed by atoms with Gasteiger partial charge < -0.3 is 25.5 Å². The molecular formula is C9H14N6O2. The minimum Gasteiger partial charge on any atom is -0.382 e. The lowest BCUT2D eigenvalue weighted by atomic mass is 10.5. The van der Waals surface area contributed by atoms with E-state index in [-0.39, 0.29) is 6.29 Å². The van der Waals surface area contributed by atoms with Gasteiger partial charge in [0, 0.05) is 14.2 Å². The van der Waals surface area contributed by atoms with E-state index in [0.29, 0.717) is 29.5 Å². The van der Waals surface area contributed by atoms with Crippen molar-refractivity contribution in [1.29, 1.82) is 0 Å². The zero-order valence-corrected chi connectivity index (χ0v) is 9.60. The fourth-order valence-corrected chi connectivity index (χ4v) is 1.37. The lowest BCUT2D eigenvalue weighted by Gasteiger charge is -2.13. The SMILES string of the molecule is COC(CNc1nc2ncnc(N)c2[nH]1)OC. The first-order valence-electron chi connectivity index (χ1n) is 5.00. The summed E-state index contributed by atoms with van der Waals surface area (Å²) in [6.07, 6.45) is 1.03. The number of ether oxygens (including phenoxy) is 2. The average molecular weight is 238 g/mol. The number of aromatic amines is 1. The summed E-state index contributed by atoms with van der Waals surface area (Å²) in [7, 11) is 3.13. The van der Waals surface area contributed by atoms with Gasteiger partial charge in [-0.2, -0.15) is 4.98 Å². The molecule has 0 amide bonds. The van der Waals surface area contributed by atoms with E-state index in [1.54, 1.807) is 14.2 Å². The van der Waals surface area contributed by atoms with E-state index in [4.69, 9.17) is 15.2 Å².